The summed E-state index contributed by atoms with van der Waals surface area (Å²) < 4.78 is 0. The number of nitrogens with zero attached hydrogens (tertiary/aromatic N) is 1. The molecule has 0 spiro atoms. The van der Waals surface area contributed by atoms with Gasteiger partial charge in [0, 0.05) is 12.6 Å². The number of hydrogen-bond acceptors (Lipinski definition) is 3. The second-order valence-corrected chi connectivity index (χ2v) is 5.61. The quantitative estimate of drug-likeness (QED) is 0.828. The number of carbonyl (C=O) groups excluding carboxylic acids is 2. The monoisotopic (exact) mass is 291 g/mol. The van der Waals surface area contributed by atoms with E-state index < -0.39 is 5.54 Å². The molecule has 1 unspecified atom stereocenters. The molecule has 0 aromatic heterocycles. The summed E-state index contributed by atoms with van der Waals surface area (Å²) >= 11 is 0. The zero-order valence-electron chi connectivity index (χ0n) is 13.2. The largest absolute Gasteiger partial charge is 0.352 e. The summed E-state index contributed by atoms with van der Waals surface area (Å²) in [7, 11) is 0. The van der Waals surface area contributed by atoms with Gasteiger partial charge in [0.05, 0.1) is 6.54 Å². The van der Waals surface area contributed by atoms with Crippen LogP contribution in [0.2, 0.25) is 0 Å². The average molecular weight is 291 g/mol. The van der Waals surface area contributed by atoms with E-state index in [9.17, 15) is 9.59 Å². The van der Waals surface area contributed by atoms with Crippen molar-refractivity contribution in [3.05, 3.63) is 35.9 Å². The first-order valence-electron chi connectivity index (χ1n) is 7.22. The fraction of sp³-hybridized carbons (Fsp3) is 0.500. The van der Waals surface area contributed by atoms with Gasteiger partial charge in [-0.05, 0) is 33.3 Å². The van der Waals surface area contributed by atoms with Gasteiger partial charge in [0.15, 0.2) is 0 Å². The van der Waals surface area contributed by atoms with Crippen molar-refractivity contribution in [2.75, 3.05) is 13.1 Å². The first-order valence-corrected chi connectivity index (χ1v) is 7.22. The summed E-state index contributed by atoms with van der Waals surface area (Å²) in [4.78, 5) is 26.0. The second kappa shape index (κ2) is 7.22. The Morgan fingerprint density at radius 1 is 1.29 bits per heavy atom. The van der Waals surface area contributed by atoms with Crippen LogP contribution in [0.1, 0.15) is 33.3 Å². The minimum atomic E-state index is -1.14. The van der Waals surface area contributed by atoms with Crippen LogP contribution in [0.4, 0.5) is 0 Å². The Bertz CT molecular complexity index is 484. The highest BCUT2D eigenvalue weighted by Crippen LogP contribution is 2.20. The molecular weight excluding hydrogens is 266 g/mol. The van der Waals surface area contributed by atoms with Gasteiger partial charge in [-0.15, -0.1) is 0 Å². The van der Waals surface area contributed by atoms with Gasteiger partial charge in [0.25, 0.3) is 0 Å². The lowest BCUT2D eigenvalue weighted by atomic mass is 9.91. The topological polar surface area (TPSA) is 75.4 Å². The maximum atomic E-state index is 12.6. The predicted octanol–water partition coefficient (Wildman–Crippen LogP) is 1.23. The smallest absolute Gasteiger partial charge is 0.247 e. The molecule has 21 heavy (non-hydrogen) atoms. The maximum Gasteiger partial charge on any atom is 0.247 e. The Hall–Kier alpha value is -1.88. The Kier molecular flexibility index (Phi) is 5.90. The molecule has 0 aliphatic carbocycles. The highest BCUT2D eigenvalue weighted by atomic mass is 16.2. The molecule has 116 valence electrons. The van der Waals surface area contributed by atoms with Crippen LogP contribution in [-0.4, -0.2) is 35.8 Å². The average Bonchev–Trinajstić information content (AvgIpc) is 2.44. The van der Waals surface area contributed by atoms with Crippen LogP contribution in [0.25, 0.3) is 0 Å². The van der Waals surface area contributed by atoms with Crippen molar-refractivity contribution in [2.24, 2.45) is 5.73 Å². The molecule has 2 amide bonds. The van der Waals surface area contributed by atoms with E-state index >= 15 is 0 Å². The molecule has 0 bridgehead atoms. The van der Waals surface area contributed by atoms with Gasteiger partial charge in [0.1, 0.15) is 5.54 Å². The molecule has 1 atom stereocenters. The Morgan fingerprint density at radius 3 is 2.33 bits per heavy atom. The zero-order chi connectivity index (χ0) is 16.0. The fourth-order valence-corrected chi connectivity index (χ4v) is 2.10. The van der Waals surface area contributed by atoms with E-state index in [1.807, 2.05) is 51.1 Å². The number of hydrogen-bond donors (Lipinski definition) is 2. The van der Waals surface area contributed by atoms with E-state index in [0.717, 1.165) is 5.56 Å². The van der Waals surface area contributed by atoms with Crippen molar-refractivity contribution in [3.63, 3.8) is 0 Å². The van der Waals surface area contributed by atoms with E-state index in [2.05, 4.69) is 5.32 Å². The normalized spacial score (nSPS) is 13.6. The third kappa shape index (κ3) is 4.56. The van der Waals surface area contributed by atoms with Crippen molar-refractivity contribution >= 4 is 11.8 Å². The number of amides is 2. The minimum absolute atomic E-state index is 0.0210. The highest BCUT2D eigenvalue weighted by Gasteiger charge is 2.34. The third-order valence-corrected chi connectivity index (χ3v) is 3.27. The second-order valence-electron chi connectivity index (χ2n) is 5.61. The summed E-state index contributed by atoms with van der Waals surface area (Å²) in [5.74, 6) is -0.431. The molecule has 5 heteroatoms. The van der Waals surface area contributed by atoms with Gasteiger partial charge in [-0.2, -0.15) is 0 Å². The molecule has 1 aromatic rings. The van der Waals surface area contributed by atoms with Gasteiger partial charge < -0.3 is 16.0 Å². The van der Waals surface area contributed by atoms with E-state index in [1.165, 1.54) is 4.90 Å². The Morgan fingerprint density at radius 2 is 1.86 bits per heavy atom. The van der Waals surface area contributed by atoms with Crippen LogP contribution in [0, 0.1) is 0 Å². The summed E-state index contributed by atoms with van der Waals surface area (Å²) in [6, 6.07) is 9.24. The highest BCUT2D eigenvalue weighted by molar-refractivity contribution is 5.90. The van der Waals surface area contributed by atoms with Gasteiger partial charge in [-0.3, -0.25) is 9.59 Å². The number of nitrogens with two attached hydrogens (primary N) is 1. The van der Waals surface area contributed by atoms with E-state index in [-0.39, 0.29) is 24.4 Å². The summed E-state index contributed by atoms with van der Waals surface area (Å²) in [5.41, 5.74) is 5.80. The number of carbonyl (C=O) groups is 2. The number of benzene rings is 1. The lowest BCUT2D eigenvalue weighted by molar-refractivity contribution is -0.140. The van der Waals surface area contributed by atoms with Crippen molar-refractivity contribution in [1.82, 2.24) is 10.2 Å². The van der Waals surface area contributed by atoms with Crippen molar-refractivity contribution in [2.45, 2.75) is 39.3 Å². The van der Waals surface area contributed by atoms with Gasteiger partial charge in [-0.1, -0.05) is 30.3 Å². The molecule has 0 radical (unpaired) electrons. The fourth-order valence-electron chi connectivity index (χ4n) is 2.10. The van der Waals surface area contributed by atoms with Crippen molar-refractivity contribution < 1.29 is 9.59 Å². The first-order chi connectivity index (χ1) is 9.78. The lowest BCUT2D eigenvalue weighted by Crippen LogP contribution is -2.53. The maximum absolute atomic E-state index is 12.6. The molecule has 0 fully saturated rings. The van der Waals surface area contributed by atoms with Crippen LogP contribution < -0.4 is 11.1 Å². The van der Waals surface area contributed by atoms with Crippen LogP contribution in [0.5, 0.6) is 0 Å². The molecule has 0 aliphatic heterocycles. The molecule has 1 aromatic carbocycles. The summed E-state index contributed by atoms with van der Waals surface area (Å²) in [6.45, 7) is 7.73. The molecule has 1 rings (SSSR count). The van der Waals surface area contributed by atoms with E-state index in [4.69, 9.17) is 5.73 Å². The van der Waals surface area contributed by atoms with Crippen LogP contribution in [-0.2, 0) is 15.1 Å². The minimum Gasteiger partial charge on any atom is -0.352 e. The number of likely N-dealkylation sites (N-methyl/N-ethyl adjacent to an activating group) is 1. The molecular formula is C16H25N3O2. The molecule has 0 saturated heterocycles. The third-order valence-electron chi connectivity index (χ3n) is 3.27. The Balaban J connectivity index is 2.85. The SMILES string of the molecule is CCN(CC(=O)NC(C)C)C(=O)C(C)(N)c1ccccc1. The molecule has 0 saturated carbocycles. The van der Waals surface area contributed by atoms with Crippen LogP contribution >= 0.6 is 0 Å². The van der Waals surface area contributed by atoms with Crippen molar-refractivity contribution in [3.8, 4) is 0 Å². The molecule has 0 heterocycles. The summed E-state index contributed by atoms with van der Waals surface area (Å²) in [5, 5.41) is 2.78. The van der Waals surface area contributed by atoms with E-state index in [1.54, 1.807) is 6.92 Å². The predicted molar refractivity (Wildman–Crippen MR) is 83.5 cm³/mol. The molecule has 3 N–H and O–H groups in total. The lowest BCUT2D eigenvalue weighted by Gasteiger charge is -2.31. The van der Waals surface area contributed by atoms with Crippen LogP contribution in [0.15, 0.2) is 30.3 Å². The zero-order valence-corrected chi connectivity index (χ0v) is 13.2. The Labute approximate surface area is 126 Å². The van der Waals surface area contributed by atoms with Crippen LogP contribution in [0.3, 0.4) is 0 Å². The molecule has 5 nitrogen and oxygen atoms in total. The van der Waals surface area contributed by atoms with Crippen molar-refractivity contribution in [1.29, 1.82) is 0 Å². The van der Waals surface area contributed by atoms with Gasteiger partial charge in [-0.25, -0.2) is 0 Å². The first kappa shape index (κ1) is 17.2. The molecule has 0 aliphatic rings. The summed E-state index contributed by atoms with van der Waals surface area (Å²) in [6.07, 6.45) is 0. The van der Waals surface area contributed by atoms with Gasteiger partial charge >= 0.3 is 0 Å². The number of nitrogens with one attached hydrogen (secondary N) is 1. The number of rotatable bonds is 6. The van der Waals surface area contributed by atoms with Gasteiger partial charge in [0.2, 0.25) is 11.8 Å². The van der Waals surface area contributed by atoms with E-state index in [0.29, 0.717) is 6.54 Å². The standard InChI is InChI=1S/C16H25N3O2/c1-5-19(11-14(20)18-12(2)3)15(21)16(4,17)13-9-7-6-8-10-13/h6-10,12H,5,11,17H2,1-4H3,(H,18,20).